The van der Waals surface area contributed by atoms with Crippen molar-refractivity contribution in [2.24, 2.45) is 0 Å². The highest BCUT2D eigenvalue weighted by atomic mass is 79.9. The number of alkyl halides is 1. The summed E-state index contributed by atoms with van der Waals surface area (Å²) in [6, 6.07) is 5.36. The van der Waals surface area contributed by atoms with Gasteiger partial charge in [-0.2, -0.15) is 0 Å². The summed E-state index contributed by atoms with van der Waals surface area (Å²) in [6.45, 7) is 2.78. The van der Waals surface area contributed by atoms with Crippen LogP contribution in [-0.2, 0) is 10.1 Å². The minimum absolute atomic E-state index is 0.341. The highest BCUT2D eigenvalue weighted by molar-refractivity contribution is 9.08. The van der Waals surface area contributed by atoms with Gasteiger partial charge < -0.3 is 9.47 Å². The predicted molar refractivity (Wildman–Crippen MR) is 70.8 cm³/mol. The lowest BCUT2D eigenvalue weighted by Gasteiger charge is -2.11. The molecule has 0 aliphatic rings. The molecule has 0 saturated carbocycles. The van der Waals surface area contributed by atoms with Gasteiger partial charge in [-0.3, -0.25) is 0 Å². The molecule has 3 nitrogen and oxygen atoms in total. The number of unbranched alkanes of at least 4 members (excludes halogenated alkanes) is 1. The van der Waals surface area contributed by atoms with Gasteiger partial charge in [0.15, 0.2) is 0 Å². The summed E-state index contributed by atoms with van der Waals surface area (Å²) in [5.74, 6) is 0.407. The Bertz CT molecular complexity index is 377. The first-order chi connectivity index (χ1) is 8.22. The van der Waals surface area contributed by atoms with E-state index in [0.717, 1.165) is 24.2 Å². The molecule has 17 heavy (non-hydrogen) atoms. The van der Waals surface area contributed by atoms with E-state index in [-0.39, 0.29) is 5.97 Å². The molecule has 0 radical (unpaired) electrons. The van der Waals surface area contributed by atoms with Crippen molar-refractivity contribution < 1.29 is 14.3 Å². The van der Waals surface area contributed by atoms with Gasteiger partial charge in [-0.1, -0.05) is 35.3 Å². The summed E-state index contributed by atoms with van der Waals surface area (Å²) in [4.78, 5) is 11.4. The molecule has 0 bridgehead atoms. The van der Waals surface area contributed by atoms with Crippen LogP contribution in [0, 0.1) is 0 Å². The fourth-order valence-electron chi connectivity index (χ4n) is 1.37. The van der Waals surface area contributed by atoms with E-state index in [4.69, 9.17) is 4.74 Å². The van der Waals surface area contributed by atoms with Crippen LogP contribution in [0.3, 0.4) is 0 Å². The van der Waals surface area contributed by atoms with Crippen LogP contribution in [0.4, 0.5) is 0 Å². The molecule has 0 heterocycles. The van der Waals surface area contributed by atoms with Gasteiger partial charge in [-0.25, -0.2) is 4.79 Å². The average molecular weight is 301 g/mol. The quantitative estimate of drug-likeness (QED) is 0.458. The highest BCUT2D eigenvalue weighted by Crippen LogP contribution is 2.23. The zero-order chi connectivity index (χ0) is 12.7. The number of carbonyl (C=O) groups excluding carboxylic acids is 1. The number of rotatable bonds is 6. The molecule has 1 aromatic rings. The molecule has 0 aliphatic heterocycles. The van der Waals surface area contributed by atoms with Gasteiger partial charge >= 0.3 is 5.97 Å². The summed E-state index contributed by atoms with van der Waals surface area (Å²) in [5.41, 5.74) is 1.55. The molecule has 0 spiro atoms. The number of methoxy groups -OCH3 is 1. The zero-order valence-corrected chi connectivity index (χ0v) is 11.7. The van der Waals surface area contributed by atoms with E-state index < -0.39 is 0 Å². The Morgan fingerprint density at radius 3 is 2.76 bits per heavy atom. The maximum Gasteiger partial charge on any atom is 0.337 e. The third-order valence-electron chi connectivity index (χ3n) is 2.39. The van der Waals surface area contributed by atoms with Crippen LogP contribution in [-0.4, -0.2) is 19.7 Å². The van der Waals surface area contributed by atoms with Crippen molar-refractivity contribution in [1.82, 2.24) is 0 Å². The molecule has 0 N–H and O–H groups in total. The average Bonchev–Trinajstić information content (AvgIpc) is 2.38. The Balaban J connectivity index is 2.86. The normalized spacial score (nSPS) is 10.1. The van der Waals surface area contributed by atoms with Gasteiger partial charge in [0.1, 0.15) is 5.75 Å². The van der Waals surface area contributed by atoms with Crippen molar-refractivity contribution in [2.75, 3.05) is 13.7 Å². The number of hydrogen-bond acceptors (Lipinski definition) is 3. The fourth-order valence-corrected chi connectivity index (χ4v) is 1.83. The second-order valence-corrected chi connectivity index (χ2v) is 4.21. The maximum atomic E-state index is 11.4. The van der Waals surface area contributed by atoms with Crippen LogP contribution < -0.4 is 4.74 Å². The van der Waals surface area contributed by atoms with Gasteiger partial charge in [-0.15, -0.1) is 0 Å². The second-order valence-electron chi connectivity index (χ2n) is 3.65. The number of halogens is 1. The van der Waals surface area contributed by atoms with Crippen LogP contribution in [0.5, 0.6) is 5.75 Å². The van der Waals surface area contributed by atoms with Crippen molar-refractivity contribution >= 4 is 21.9 Å². The lowest BCUT2D eigenvalue weighted by atomic mass is 10.1. The topological polar surface area (TPSA) is 35.5 Å². The third kappa shape index (κ3) is 4.04. The second kappa shape index (κ2) is 7.33. The molecule has 0 atom stereocenters. The minimum Gasteiger partial charge on any atom is -0.493 e. The number of hydrogen-bond donors (Lipinski definition) is 0. The molecule has 0 fully saturated rings. The van der Waals surface area contributed by atoms with E-state index in [1.54, 1.807) is 12.1 Å². The molecular weight excluding hydrogens is 284 g/mol. The van der Waals surface area contributed by atoms with Gasteiger partial charge in [0.25, 0.3) is 0 Å². The van der Waals surface area contributed by atoms with Crippen LogP contribution in [0.1, 0.15) is 35.7 Å². The first-order valence-electron chi connectivity index (χ1n) is 5.63. The molecule has 1 rings (SSSR count). The fraction of sp³-hybridized carbons (Fsp3) is 0.462. The summed E-state index contributed by atoms with van der Waals surface area (Å²) in [7, 11) is 1.37. The van der Waals surface area contributed by atoms with E-state index in [2.05, 4.69) is 27.6 Å². The Hall–Kier alpha value is -1.03. The molecule has 4 heteroatoms. The number of ether oxygens (including phenoxy) is 2. The summed E-state index contributed by atoms with van der Waals surface area (Å²) in [5, 5.41) is 0.704. The third-order valence-corrected chi connectivity index (χ3v) is 2.99. The summed E-state index contributed by atoms with van der Waals surface area (Å²) >= 11 is 3.40. The number of carbonyl (C=O) groups is 1. The molecular formula is C13H17BrO3. The van der Waals surface area contributed by atoms with Crippen LogP contribution >= 0.6 is 15.9 Å². The van der Waals surface area contributed by atoms with Gasteiger partial charge in [0, 0.05) is 10.9 Å². The van der Waals surface area contributed by atoms with Gasteiger partial charge in [0.05, 0.1) is 19.3 Å². The van der Waals surface area contributed by atoms with Crippen molar-refractivity contribution in [3.05, 3.63) is 29.3 Å². The molecule has 0 saturated heterocycles. The first kappa shape index (κ1) is 14.0. The smallest absolute Gasteiger partial charge is 0.337 e. The van der Waals surface area contributed by atoms with Gasteiger partial charge in [-0.05, 0) is 18.6 Å². The Morgan fingerprint density at radius 1 is 1.41 bits per heavy atom. The molecule has 1 aromatic carbocycles. The Morgan fingerprint density at radius 2 is 2.18 bits per heavy atom. The van der Waals surface area contributed by atoms with Gasteiger partial charge in [0.2, 0.25) is 0 Å². The number of benzene rings is 1. The molecule has 0 amide bonds. The van der Waals surface area contributed by atoms with E-state index in [9.17, 15) is 4.79 Å². The van der Waals surface area contributed by atoms with Crippen LogP contribution in [0.15, 0.2) is 18.2 Å². The molecule has 0 aliphatic carbocycles. The minimum atomic E-state index is -0.341. The molecule has 94 valence electrons. The van der Waals surface area contributed by atoms with E-state index >= 15 is 0 Å². The SMILES string of the molecule is CCCCOc1cc(C(=O)OC)ccc1CBr. The maximum absolute atomic E-state index is 11.4. The van der Waals surface area contributed by atoms with Crippen molar-refractivity contribution in [3.63, 3.8) is 0 Å². The van der Waals surface area contributed by atoms with Crippen LogP contribution in [0.2, 0.25) is 0 Å². The zero-order valence-electron chi connectivity index (χ0n) is 10.2. The Labute approximate surface area is 110 Å². The highest BCUT2D eigenvalue weighted by Gasteiger charge is 2.10. The van der Waals surface area contributed by atoms with E-state index in [1.165, 1.54) is 7.11 Å². The van der Waals surface area contributed by atoms with E-state index in [1.807, 2.05) is 6.07 Å². The van der Waals surface area contributed by atoms with E-state index in [0.29, 0.717) is 17.5 Å². The lowest BCUT2D eigenvalue weighted by Crippen LogP contribution is -2.04. The predicted octanol–water partition coefficient (Wildman–Crippen LogP) is 3.55. The first-order valence-corrected chi connectivity index (χ1v) is 6.75. The van der Waals surface area contributed by atoms with Crippen LogP contribution in [0.25, 0.3) is 0 Å². The summed E-state index contributed by atoms with van der Waals surface area (Å²) < 4.78 is 10.4. The monoisotopic (exact) mass is 300 g/mol. The molecule has 0 unspecified atom stereocenters. The van der Waals surface area contributed by atoms with Crippen molar-refractivity contribution in [2.45, 2.75) is 25.1 Å². The lowest BCUT2D eigenvalue weighted by molar-refractivity contribution is 0.0600. The summed E-state index contributed by atoms with van der Waals surface area (Å²) in [6.07, 6.45) is 2.09. The number of esters is 1. The largest absolute Gasteiger partial charge is 0.493 e. The molecule has 0 aromatic heterocycles. The van der Waals surface area contributed by atoms with Crippen molar-refractivity contribution in [1.29, 1.82) is 0 Å². The van der Waals surface area contributed by atoms with Crippen molar-refractivity contribution in [3.8, 4) is 5.75 Å². The standard InChI is InChI=1S/C13H17BrO3/c1-3-4-7-17-12-8-10(13(15)16-2)5-6-11(12)9-14/h5-6,8H,3-4,7,9H2,1-2H3. The Kier molecular flexibility index (Phi) is 6.05.